The molecular weight excluding hydrogens is 480 g/mol. The predicted octanol–water partition coefficient (Wildman–Crippen LogP) is 4.24. The van der Waals surface area contributed by atoms with E-state index in [2.05, 4.69) is 15.3 Å². The second-order valence-corrected chi connectivity index (χ2v) is 8.55. The van der Waals surface area contributed by atoms with Crippen LogP contribution >= 0.6 is 0 Å². The van der Waals surface area contributed by atoms with Crippen molar-refractivity contribution in [3.05, 3.63) is 120 Å². The number of aromatic nitrogens is 2. The van der Waals surface area contributed by atoms with E-state index in [9.17, 15) is 9.59 Å². The lowest BCUT2D eigenvalue weighted by molar-refractivity contribution is -0.126. The standard InChI is InChI=1S/C30H30N4O4/c1-37-26-14-13-24(19-27(26)38-2)28(29(35)33-20-23-11-7-4-8-12-23)34(18-15-22-9-5-3-6-10-22)30(36)25-21-31-16-17-32-25/h3-14,16-17,19,21,28H,15,18,20H2,1-2H3,(H,33,35)/t28-/m0/s1. The first-order valence-corrected chi connectivity index (χ1v) is 12.2. The van der Waals surface area contributed by atoms with E-state index in [0.717, 1.165) is 11.1 Å². The largest absolute Gasteiger partial charge is 0.493 e. The van der Waals surface area contributed by atoms with Gasteiger partial charge in [-0.1, -0.05) is 66.7 Å². The summed E-state index contributed by atoms with van der Waals surface area (Å²) in [5, 5.41) is 3.01. The van der Waals surface area contributed by atoms with Crippen LogP contribution in [-0.2, 0) is 17.8 Å². The van der Waals surface area contributed by atoms with Crippen LogP contribution in [-0.4, -0.2) is 47.4 Å². The molecule has 0 bridgehead atoms. The van der Waals surface area contributed by atoms with Gasteiger partial charge in [0.2, 0.25) is 5.91 Å². The Balaban J connectivity index is 1.74. The molecule has 3 aromatic carbocycles. The number of rotatable bonds is 11. The number of amides is 2. The minimum atomic E-state index is -0.961. The molecule has 8 nitrogen and oxygen atoms in total. The third-order valence-electron chi connectivity index (χ3n) is 6.12. The highest BCUT2D eigenvalue weighted by molar-refractivity contribution is 5.96. The maximum atomic E-state index is 13.8. The number of ether oxygens (including phenoxy) is 2. The monoisotopic (exact) mass is 510 g/mol. The Morgan fingerprint density at radius 2 is 1.55 bits per heavy atom. The number of carbonyl (C=O) groups excluding carboxylic acids is 2. The number of nitrogens with one attached hydrogen (secondary N) is 1. The smallest absolute Gasteiger partial charge is 0.275 e. The molecule has 8 heteroatoms. The summed E-state index contributed by atoms with van der Waals surface area (Å²) >= 11 is 0. The van der Waals surface area contributed by atoms with E-state index >= 15 is 0 Å². The third-order valence-corrected chi connectivity index (χ3v) is 6.12. The van der Waals surface area contributed by atoms with Crippen molar-refractivity contribution in [1.82, 2.24) is 20.2 Å². The average molecular weight is 511 g/mol. The van der Waals surface area contributed by atoms with E-state index in [0.29, 0.717) is 30.0 Å². The van der Waals surface area contributed by atoms with E-state index in [-0.39, 0.29) is 18.1 Å². The maximum Gasteiger partial charge on any atom is 0.275 e. The summed E-state index contributed by atoms with van der Waals surface area (Å²) < 4.78 is 10.9. The Morgan fingerprint density at radius 3 is 2.18 bits per heavy atom. The quantitative estimate of drug-likeness (QED) is 0.325. The molecule has 38 heavy (non-hydrogen) atoms. The Morgan fingerprint density at radius 1 is 0.868 bits per heavy atom. The van der Waals surface area contributed by atoms with Crippen LogP contribution < -0.4 is 14.8 Å². The predicted molar refractivity (Wildman–Crippen MR) is 144 cm³/mol. The molecule has 0 unspecified atom stereocenters. The fourth-order valence-electron chi connectivity index (χ4n) is 4.18. The normalized spacial score (nSPS) is 11.3. The summed E-state index contributed by atoms with van der Waals surface area (Å²) in [4.78, 5) is 37.5. The van der Waals surface area contributed by atoms with Crippen molar-refractivity contribution in [2.24, 2.45) is 0 Å². The summed E-state index contributed by atoms with van der Waals surface area (Å²) in [6, 6.07) is 23.7. The van der Waals surface area contributed by atoms with Crippen molar-refractivity contribution in [3.63, 3.8) is 0 Å². The van der Waals surface area contributed by atoms with Crippen molar-refractivity contribution in [3.8, 4) is 11.5 Å². The minimum Gasteiger partial charge on any atom is -0.493 e. The fraction of sp³-hybridized carbons (Fsp3) is 0.200. The Kier molecular flexibility index (Phi) is 9.02. The number of carbonyl (C=O) groups is 2. The average Bonchev–Trinajstić information content (AvgIpc) is 2.99. The van der Waals surface area contributed by atoms with Crippen molar-refractivity contribution in [2.75, 3.05) is 20.8 Å². The van der Waals surface area contributed by atoms with Gasteiger partial charge in [0.25, 0.3) is 5.91 Å². The molecule has 0 aliphatic heterocycles. The van der Waals surface area contributed by atoms with Gasteiger partial charge < -0.3 is 19.7 Å². The van der Waals surface area contributed by atoms with Gasteiger partial charge in [0.1, 0.15) is 11.7 Å². The molecule has 0 fully saturated rings. The van der Waals surface area contributed by atoms with Crippen LogP contribution in [0.5, 0.6) is 11.5 Å². The first kappa shape index (κ1) is 26.3. The van der Waals surface area contributed by atoms with Gasteiger partial charge in [-0.25, -0.2) is 4.98 Å². The van der Waals surface area contributed by atoms with Crippen LogP contribution in [0.4, 0.5) is 0 Å². The zero-order valence-corrected chi connectivity index (χ0v) is 21.4. The molecular formula is C30H30N4O4. The van der Waals surface area contributed by atoms with Gasteiger partial charge in [0, 0.05) is 25.5 Å². The minimum absolute atomic E-state index is 0.155. The summed E-state index contributed by atoms with van der Waals surface area (Å²) in [5.41, 5.74) is 2.73. The van der Waals surface area contributed by atoms with Gasteiger partial charge in [-0.15, -0.1) is 0 Å². The zero-order valence-electron chi connectivity index (χ0n) is 21.4. The molecule has 0 aliphatic rings. The molecule has 194 valence electrons. The molecule has 4 rings (SSSR count). The van der Waals surface area contributed by atoms with E-state index in [4.69, 9.17) is 9.47 Å². The second kappa shape index (κ2) is 13.0. The molecule has 0 radical (unpaired) electrons. The number of nitrogens with zero attached hydrogens (tertiary/aromatic N) is 3. The van der Waals surface area contributed by atoms with Gasteiger partial charge in [-0.05, 0) is 35.2 Å². The Labute approximate surface area is 222 Å². The third kappa shape index (κ3) is 6.53. The lowest BCUT2D eigenvalue weighted by Gasteiger charge is -2.31. The molecule has 0 saturated carbocycles. The van der Waals surface area contributed by atoms with Crippen molar-refractivity contribution >= 4 is 11.8 Å². The topological polar surface area (TPSA) is 93.7 Å². The Bertz CT molecular complexity index is 1330. The van der Waals surface area contributed by atoms with Crippen LogP contribution in [0.25, 0.3) is 0 Å². The Hall–Kier alpha value is -4.72. The number of benzene rings is 3. The molecule has 4 aromatic rings. The molecule has 1 heterocycles. The van der Waals surface area contributed by atoms with Gasteiger partial charge in [-0.3, -0.25) is 14.6 Å². The zero-order chi connectivity index (χ0) is 26.7. The van der Waals surface area contributed by atoms with Crippen molar-refractivity contribution < 1.29 is 19.1 Å². The van der Waals surface area contributed by atoms with Gasteiger partial charge in [0.05, 0.1) is 20.4 Å². The molecule has 0 aliphatic carbocycles. The van der Waals surface area contributed by atoms with Crippen molar-refractivity contribution in [2.45, 2.75) is 19.0 Å². The van der Waals surface area contributed by atoms with Crippen molar-refractivity contribution in [1.29, 1.82) is 0 Å². The molecule has 0 saturated heterocycles. The SMILES string of the molecule is COc1ccc([C@@H](C(=O)NCc2ccccc2)N(CCc2ccccc2)C(=O)c2cnccn2)cc1OC. The van der Waals surface area contributed by atoms with Gasteiger partial charge in [0.15, 0.2) is 11.5 Å². The maximum absolute atomic E-state index is 13.8. The number of hydrogen-bond donors (Lipinski definition) is 1. The molecule has 1 aromatic heterocycles. The fourth-order valence-corrected chi connectivity index (χ4v) is 4.18. The summed E-state index contributed by atoms with van der Waals surface area (Å²) in [6.07, 6.45) is 4.92. The van der Waals surface area contributed by atoms with Crippen LogP contribution in [0.3, 0.4) is 0 Å². The second-order valence-electron chi connectivity index (χ2n) is 8.55. The van der Waals surface area contributed by atoms with E-state index < -0.39 is 11.9 Å². The van der Waals surface area contributed by atoms with E-state index in [1.165, 1.54) is 25.7 Å². The first-order chi connectivity index (χ1) is 18.6. The number of methoxy groups -OCH3 is 2. The highest BCUT2D eigenvalue weighted by Gasteiger charge is 2.33. The molecule has 0 spiro atoms. The molecule has 1 N–H and O–H groups in total. The van der Waals surface area contributed by atoms with Crippen LogP contribution in [0.2, 0.25) is 0 Å². The summed E-state index contributed by atoms with van der Waals surface area (Å²) in [7, 11) is 3.08. The van der Waals surface area contributed by atoms with Crippen LogP contribution in [0, 0.1) is 0 Å². The molecule has 2 amide bonds. The highest BCUT2D eigenvalue weighted by atomic mass is 16.5. The first-order valence-electron chi connectivity index (χ1n) is 12.2. The van der Waals surface area contributed by atoms with E-state index in [1.807, 2.05) is 60.7 Å². The van der Waals surface area contributed by atoms with E-state index in [1.54, 1.807) is 30.2 Å². The lowest BCUT2D eigenvalue weighted by Crippen LogP contribution is -2.44. The van der Waals surface area contributed by atoms with Crippen LogP contribution in [0.15, 0.2) is 97.5 Å². The molecule has 1 atom stereocenters. The highest BCUT2D eigenvalue weighted by Crippen LogP contribution is 2.33. The van der Waals surface area contributed by atoms with Crippen LogP contribution in [0.1, 0.15) is 33.2 Å². The summed E-state index contributed by atoms with van der Waals surface area (Å²) in [6.45, 7) is 0.590. The van der Waals surface area contributed by atoms with Gasteiger partial charge >= 0.3 is 0 Å². The number of hydrogen-bond acceptors (Lipinski definition) is 6. The lowest BCUT2D eigenvalue weighted by atomic mass is 10.0. The van der Waals surface area contributed by atoms with Gasteiger partial charge in [-0.2, -0.15) is 0 Å². The summed E-state index contributed by atoms with van der Waals surface area (Å²) in [5.74, 6) is 0.256.